The van der Waals surface area contributed by atoms with Gasteiger partial charge >= 0.3 is 0 Å². The molecule has 2 aromatic heterocycles. The molecule has 0 unspecified atom stereocenters. The number of carbonyl (C=O) groups is 1. The van der Waals surface area contributed by atoms with Crippen LogP contribution >= 0.6 is 11.3 Å². The Morgan fingerprint density at radius 3 is 2.77 bits per heavy atom. The summed E-state index contributed by atoms with van der Waals surface area (Å²) < 4.78 is 1.06. The van der Waals surface area contributed by atoms with Gasteiger partial charge < -0.3 is 0 Å². The Balaban J connectivity index is 1.83. The summed E-state index contributed by atoms with van der Waals surface area (Å²) in [6, 6.07) is 7.41. The summed E-state index contributed by atoms with van der Waals surface area (Å²) >= 11 is 1.18. The van der Waals surface area contributed by atoms with Gasteiger partial charge in [0.1, 0.15) is 5.69 Å². The number of aromatic nitrogens is 3. The molecule has 1 amide bonds. The Hall–Kier alpha value is -3.40. The fourth-order valence-electron chi connectivity index (χ4n) is 2.21. The first-order chi connectivity index (χ1) is 12.3. The standard InChI is InChI=1S/C16H13N5O4S/c1-9-3-4-10(7-13(9)21(24)25)12-8-26-16(17-12)18-15(23)11-5-6-14(22)20(2)19-11/h3-8H,1-2H3,(H,17,18,23). The van der Waals surface area contributed by atoms with E-state index < -0.39 is 10.8 Å². The molecule has 3 rings (SSSR count). The number of hydrogen-bond donors (Lipinski definition) is 1. The molecule has 1 aromatic carbocycles. The summed E-state index contributed by atoms with van der Waals surface area (Å²) in [7, 11) is 1.45. The smallest absolute Gasteiger partial charge is 0.277 e. The van der Waals surface area contributed by atoms with Gasteiger partial charge in [-0.2, -0.15) is 5.10 Å². The molecule has 1 N–H and O–H groups in total. The molecule has 3 aromatic rings. The number of nitro benzene ring substituents is 1. The number of carbonyl (C=O) groups excluding carboxylic acids is 1. The molecule has 0 bridgehead atoms. The van der Waals surface area contributed by atoms with Crippen molar-refractivity contribution in [2.75, 3.05) is 5.32 Å². The van der Waals surface area contributed by atoms with E-state index >= 15 is 0 Å². The van der Waals surface area contributed by atoms with Crippen LogP contribution in [0.1, 0.15) is 16.1 Å². The predicted octanol–water partition coefficient (Wildman–Crippen LogP) is 2.37. The lowest BCUT2D eigenvalue weighted by molar-refractivity contribution is -0.385. The molecule has 2 heterocycles. The van der Waals surface area contributed by atoms with Crippen molar-refractivity contribution < 1.29 is 9.72 Å². The van der Waals surface area contributed by atoms with E-state index in [-0.39, 0.29) is 16.9 Å². The number of benzene rings is 1. The monoisotopic (exact) mass is 371 g/mol. The zero-order chi connectivity index (χ0) is 18.8. The number of rotatable bonds is 4. The van der Waals surface area contributed by atoms with Crippen molar-refractivity contribution in [3.05, 3.63) is 67.4 Å². The molecule has 0 atom stereocenters. The normalized spacial score (nSPS) is 10.5. The van der Waals surface area contributed by atoms with Crippen LogP contribution in [-0.4, -0.2) is 25.6 Å². The zero-order valence-electron chi connectivity index (χ0n) is 13.8. The SMILES string of the molecule is Cc1ccc(-c2csc(NC(=O)c3ccc(=O)n(C)n3)n2)cc1[N+](=O)[O-]. The maximum Gasteiger partial charge on any atom is 0.277 e. The van der Waals surface area contributed by atoms with E-state index in [0.29, 0.717) is 22.0 Å². The fraction of sp³-hybridized carbons (Fsp3) is 0.125. The van der Waals surface area contributed by atoms with Crippen LogP contribution in [-0.2, 0) is 7.05 Å². The maximum atomic E-state index is 12.2. The van der Waals surface area contributed by atoms with Gasteiger partial charge in [0.15, 0.2) is 5.13 Å². The minimum absolute atomic E-state index is 0.00971. The molecular weight excluding hydrogens is 358 g/mol. The average Bonchev–Trinajstić information content (AvgIpc) is 3.05. The lowest BCUT2D eigenvalue weighted by Crippen LogP contribution is -2.23. The Bertz CT molecular complexity index is 1070. The number of nitrogens with zero attached hydrogens (tertiary/aromatic N) is 4. The van der Waals surface area contributed by atoms with Crippen molar-refractivity contribution in [3.8, 4) is 11.3 Å². The zero-order valence-corrected chi connectivity index (χ0v) is 14.6. The van der Waals surface area contributed by atoms with Crippen molar-refractivity contribution in [1.29, 1.82) is 0 Å². The Labute approximate surface area is 151 Å². The number of amides is 1. The van der Waals surface area contributed by atoms with Crippen LogP contribution < -0.4 is 10.9 Å². The summed E-state index contributed by atoms with van der Waals surface area (Å²) in [5.41, 5.74) is 1.42. The Morgan fingerprint density at radius 2 is 2.08 bits per heavy atom. The van der Waals surface area contributed by atoms with Crippen LogP contribution in [0.4, 0.5) is 10.8 Å². The predicted molar refractivity (Wildman–Crippen MR) is 96.4 cm³/mol. The number of aryl methyl sites for hydroxylation is 2. The maximum absolute atomic E-state index is 12.2. The van der Waals surface area contributed by atoms with E-state index in [4.69, 9.17) is 0 Å². The topological polar surface area (TPSA) is 120 Å². The van der Waals surface area contributed by atoms with Gasteiger partial charge in [-0.25, -0.2) is 9.67 Å². The van der Waals surface area contributed by atoms with Gasteiger partial charge in [0, 0.05) is 35.7 Å². The van der Waals surface area contributed by atoms with Crippen LogP contribution in [0.3, 0.4) is 0 Å². The molecule has 9 nitrogen and oxygen atoms in total. The summed E-state index contributed by atoms with van der Waals surface area (Å²) in [5.74, 6) is -0.503. The second kappa shape index (κ2) is 6.84. The molecule has 10 heteroatoms. The highest BCUT2D eigenvalue weighted by Gasteiger charge is 2.15. The summed E-state index contributed by atoms with van der Waals surface area (Å²) in [6.45, 7) is 1.66. The highest BCUT2D eigenvalue weighted by Crippen LogP contribution is 2.29. The van der Waals surface area contributed by atoms with Gasteiger partial charge in [-0.3, -0.25) is 25.0 Å². The molecule has 0 saturated carbocycles. The first-order valence-electron chi connectivity index (χ1n) is 7.42. The van der Waals surface area contributed by atoms with Crippen molar-refractivity contribution in [2.45, 2.75) is 6.92 Å². The van der Waals surface area contributed by atoms with Crippen LogP contribution in [0.2, 0.25) is 0 Å². The van der Waals surface area contributed by atoms with Gasteiger partial charge in [-0.1, -0.05) is 12.1 Å². The van der Waals surface area contributed by atoms with Crippen LogP contribution in [0, 0.1) is 17.0 Å². The van der Waals surface area contributed by atoms with E-state index in [0.717, 1.165) is 4.68 Å². The Kier molecular flexibility index (Phi) is 4.59. The molecule has 0 spiro atoms. The number of thiazole rings is 1. The minimum Gasteiger partial charge on any atom is -0.296 e. The fourth-order valence-corrected chi connectivity index (χ4v) is 2.93. The highest BCUT2D eigenvalue weighted by molar-refractivity contribution is 7.14. The highest BCUT2D eigenvalue weighted by atomic mass is 32.1. The van der Waals surface area contributed by atoms with E-state index in [9.17, 15) is 19.7 Å². The summed E-state index contributed by atoms with van der Waals surface area (Å²) in [6.07, 6.45) is 0. The summed E-state index contributed by atoms with van der Waals surface area (Å²) in [4.78, 5) is 38.4. The second-order valence-corrected chi connectivity index (χ2v) is 6.29. The first-order valence-corrected chi connectivity index (χ1v) is 8.30. The number of hydrogen-bond acceptors (Lipinski definition) is 7. The van der Waals surface area contributed by atoms with Crippen molar-refractivity contribution >= 4 is 28.1 Å². The largest absolute Gasteiger partial charge is 0.296 e. The minimum atomic E-state index is -0.503. The van der Waals surface area contributed by atoms with E-state index in [2.05, 4.69) is 15.4 Å². The first kappa shape index (κ1) is 17.4. The molecule has 0 fully saturated rings. The van der Waals surface area contributed by atoms with Gasteiger partial charge in [0.25, 0.3) is 17.2 Å². The molecule has 0 aliphatic heterocycles. The Morgan fingerprint density at radius 1 is 1.31 bits per heavy atom. The van der Waals surface area contributed by atoms with Crippen LogP contribution in [0.15, 0.2) is 40.5 Å². The molecule has 132 valence electrons. The van der Waals surface area contributed by atoms with Gasteiger partial charge in [-0.05, 0) is 13.0 Å². The van der Waals surface area contributed by atoms with Crippen molar-refractivity contribution in [3.63, 3.8) is 0 Å². The molecular formula is C16H13N5O4S. The van der Waals surface area contributed by atoms with Crippen molar-refractivity contribution in [1.82, 2.24) is 14.8 Å². The van der Waals surface area contributed by atoms with Gasteiger partial charge in [-0.15, -0.1) is 11.3 Å². The second-order valence-electron chi connectivity index (χ2n) is 5.43. The van der Waals surface area contributed by atoms with E-state index in [1.807, 2.05) is 0 Å². The van der Waals surface area contributed by atoms with Gasteiger partial charge in [0.2, 0.25) is 0 Å². The number of anilines is 1. The van der Waals surface area contributed by atoms with E-state index in [1.54, 1.807) is 24.4 Å². The van der Waals surface area contributed by atoms with Crippen LogP contribution in [0.25, 0.3) is 11.3 Å². The van der Waals surface area contributed by atoms with Crippen LogP contribution in [0.5, 0.6) is 0 Å². The van der Waals surface area contributed by atoms with E-state index in [1.165, 1.54) is 36.6 Å². The number of nitro groups is 1. The summed E-state index contributed by atoms with van der Waals surface area (Å²) in [5, 5.41) is 19.5. The quantitative estimate of drug-likeness (QED) is 0.555. The third kappa shape index (κ3) is 3.49. The third-order valence-electron chi connectivity index (χ3n) is 3.62. The lowest BCUT2D eigenvalue weighted by Gasteiger charge is -2.02. The number of nitrogens with one attached hydrogen (secondary N) is 1. The molecule has 0 radical (unpaired) electrons. The molecule has 0 aliphatic rings. The third-order valence-corrected chi connectivity index (χ3v) is 4.38. The average molecular weight is 371 g/mol. The molecule has 0 saturated heterocycles. The molecule has 26 heavy (non-hydrogen) atoms. The van der Waals surface area contributed by atoms with Gasteiger partial charge in [0.05, 0.1) is 10.6 Å². The molecule has 0 aliphatic carbocycles. The van der Waals surface area contributed by atoms with Crippen molar-refractivity contribution in [2.24, 2.45) is 7.05 Å². The lowest BCUT2D eigenvalue weighted by atomic mass is 10.1.